The lowest BCUT2D eigenvalue weighted by molar-refractivity contribution is -0.166. The van der Waals surface area contributed by atoms with Crippen LogP contribution in [-0.4, -0.2) is 24.1 Å². The summed E-state index contributed by atoms with van der Waals surface area (Å²) in [5, 5.41) is 0. The molecule has 4 heteroatoms. The second-order valence-corrected chi connectivity index (χ2v) is 11.4. The summed E-state index contributed by atoms with van der Waals surface area (Å²) in [6.07, 6.45) is 10.4. The number of hydrogen-bond acceptors (Lipinski definition) is 4. The van der Waals surface area contributed by atoms with E-state index in [0.29, 0.717) is 11.3 Å². The van der Waals surface area contributed by atoms with Gasteiger partial charge in [-0.1, -0.05) is 31.9 Å². The molecule has 7 atom stereocenters. The third-order valence-corrected chi connectivity index (χ3v) is 10.1. The molecule has 0 N–H and O–H groups in total. The van der Waals surface area contributed by atoms with Crippen molar-refractivity contribution in [2.45, 2.75) is 112 Å². The summed E-state index contributed by atoms with van der Waals surface area (Å²) in [5.74, 6) is 1.10. The number of allylic oxidation sites excluding steroid dienone is 1. The van der Waals surface area contributed by atoms with Gasteiger partial charge in [0, 0.05) is 19.3 Å². The van der Waals surface area contributed by atoms with Crippen LogP contribution in [0, 0.1) is 28.1 Å². The van der Waals surface area contributed by atoms with Gasteiger partial charge in [-0.2, -0.15) is 0 Å². The molecule has 0 aromatic carbocycles. The Hall–Kier alpha value is -1.32. The van der Waals surface area contributed by atoms with E-state index in [2.05, 4.69) is 27.7 Å². The maximum Gasteiger partial charge on any atom is 0.302 e. The van der Waals surface area contributed by atoms with Crippen molar-refractivity contribution >= 4 is 11.9 Å². The molecule has 0 aromatic rings. The van der Waals surface area contributed by atoms with Crippen molar-refractivity contribution in [2.75, 3.05) is 0 Å². The fourth-order valence-electron chi connectivity index (χ4n) is 8.06. The van der Waals surface area contributed by atoms with E-state index >= 15 is 0 Å². The van der Waals surface area contributed by atoms with Crippen molar-refractivity contribution < 1.29 is 19.1 Å². The predicted octanol–water partition coefficient (Wildman–Crippen LogP) is 5.98. The van der Waals surface area contributed by atoms with Crippen LogP contribution in [0.2, 0.25) is 0 Å². The molecule has 168 valence electrons. The molecule has 4 aliphatic rings. The molecule has 0 bridgehead atoms. The maximum absolute atomic E-state index is 11.6. The Kier molecular flexibility index (Phi) is 5.38. The highest BCUT2D eigenvalue weighted by atomic mass is 16.5. The van der Waals surface area contributed by atoms with E-state index in [-0.39, 0.29) is 35.0 Å². The van der Waals surface area contributed by atoms with E-state index in [0.717, 1.165) is 38.0 Å². The average molecular weight is 417 g/mol. The number of hydrogen-bond donors (Lipinski definition) is 0. The van der Waals surface area contributed by atoms with Crippen molar-refractivity contribution in [3.63, 3.8) is 0 Å². The van der Waals surface area contributed by atoms with E-state index in [4.69, 9.17) is 9.47 Å². The number of fused-ring (bicyclic) bond motifs is 4. The van der Waals surface area contributed by atoms with Gasteiger partial charge in [0.2, 0.25) is 0 Å². The van der Waals surface area contributed by atoms with E-state index in [1.54, 1.807) is 11.1 Å². The van der Waals surface area contributed by atoms with Crippen molar-refractivity contribution in [3.05, 3.63) is 11.1 Å². The van der Waals surface area contributed by atoms with Gasteiger partial charge in [0.05, 0.1) is 0 Å². The van der Waals surface area contributed by atoms with E-state index < -0.39 is 0 Å². The monoisotopic (exact) mass is 416 g/mol. The van der Waals surface area contributed by atoms with Gasteiger partial charge in [-0.25, -0.2) is 0 Å². The molecule has 0 unspecified atom stereocenters. The third kappa shape index (κ3) is 3.24. The van der Waals surface area contributed by atoms with Crippen molar-refractivity contribution in [2.24, 2.45) is 28.1 Å². The quantitative estimate of drug-likeness (QED) is 0.419. The number of carbonyl (C=O) groups is 2. The van der Waals surface area contributed by atoms with Gasteiger partial charge < -0.3 is 9.47 Å². The highest BCUT2D eigenvalue weighted by molar-refractivity contribution is 5.66. The third-order valence-electron chi connectivity index (χ3n) is 10.1. The Morgan fingerprint density at radius 1 is 0.967 bits per heavy atom. The molecule has 4 aliphatic carbocycles. The van der Waals surface area contributed by atoms with Gasteiger partial charge in [-0.3, -0.25) is 9.59 Å². The van der Waals surface area contributed by atoms with Crippen LogP contribution in [-0.2, 0) is 19.1 Å². The van der Waals surface area contributed by atoms with Crippen molar-refractivity contribution in [3.8, 4) is 0 Å². The molecule has 4 rings (SSSR count). The van der Waals surface area contributed by atoms with Gasteiger partial charge in [0.1, 0.15) is 12.2 Å². The summed E-state index contributed by atoms with van der Waals surface area (Å²) in [6.45, 7) is 12.5. The highest BCUT2D eigenvalue weighted by Gasteiger charge is 2.60. The molecule has 2 saturated carbocycles. The predicted molar refractivity (Wildman–Crippen MR) is 117 cm³/mol. The van der Waals surface area contributed by atoms with Crippen LogP contribution >= 0.6 is 0 Å². The van der Waals surface area contributed by atoms with Crippen LogP contribution in [0.15, 0.2) is 11.1 Å². The lowest BCUT2D eigenvalue weighted by atomic mass is 9.43. The number of ether oxygens (including phenoxy) is 2. The molecule has 0 aliphatic heterocycles. The fraction of sp³-hybridized carbons (Fsp3) is 0.846. The van der Waals surface area contributed by atoms with Gasteiger partial charge in [-0.05, 0) is 87.4 Å². The smallest absolute Gasteiger partial charge is 0.302 e. The second-order valence-electron chi connectivity index (χ2n) is 11.4. The number of carbonyl (C=O) groups excluding carboxylic acids is 2. The molecule has 30 heavy (non-hydrogen) atoms. The van der Waals surface area contributed by atoms with Crippen LogP contribution in [0.1, 0.15) is 99.3 Å². The SMILES string of the molecule is CC(=O)O[C@@H]1CC[C@]2(C)[C@H]3CCC4=C(CC[C@@]4(C)[C@H](C)OC(C)=O)[C@@H]3CC[C@@]2(C)C1. The lowest BCUT2D eigenvalue weighted by Crippen LogP contribution is -2.55. The molecule has 0 heterocycles. The number of rotatable bonds is 3. The minimum absolute atomic E-state index is 0.000611. The maximum atomic E-state index is 11.6. The zero-order valence-electron chi connectivity index (χ0n) is 19.8. The summed E-state index contributed by atoms with van der Waals surface area (Å²) >= 11 is 0. The summed E-state index contributed by atoms with van der Waals surface area (Å²) < 4.78 is 11.3. The first kappa shape index (κ1) is 21.9. The minimum atomic E-state index is -0.169. The van der Waals surface area contributed by atoms with E-state index in [1.165, 1.54) is 39.5 Å². The molecule has 4 nitrogen and oxygen atoms in total. The summed E-state index contributed by atoms with van der Waals surface area (Å²) in [6, 6.07) is 0. The summed E-state index contributed by atoms with van der Waals surface area (Å²) in [5.41, 5.74) is 3.88. The molecule has 2 fully saturated rings. The minimum Gasteiger partial charge on any atom is -0.463 e. The first-order valence-electron chi connectivity index (χ1n) is 12.1. The van der Waals surface area contributed by atoms with Crippen molar-refractivity contribution in [1.82, 2.24) is 0 Å². The first-order chi connectivity index (χ1) is 14.0. The molecular weight excluding hydrogens is 376 g/mol. The Bertz CT molecular complexity index is 769. The van der Waals surface area contributed by atoms with Crippen LogP contribution in [0.5, 0.6) is 0 Å². The number of esters is 2. The zero-order valence-corrected chi connectivity index (χ0v) is 19.8. The Labute approximate surface area is 182 Å². The van der Waals surface area contributed by atoms with Crippen LogP contribution in [0.4, 0.5) is 0 Å². The Morgan fingerprint density at radius 2 is 1.70 bits per heavy atom. The van der Waals surface area contributed by atoms with Crippen molar-refractivity contribution in [1.29, 1.82) is 0 Å². The normalized spacial score (nSPS) is 43.9. The molecular formula is C26H40O4. The zero-order chi connectivity index (χ0) is 21.9. The van der Waals surface area contributed by atoms with E-state index in [9.17, 15) is 9.59 Å². The second kappa shape index (κ2) is 7.38. The fourth-order valence-corrected chi connectivity index (χ4v) is 8.06. The highest BCUT2D eigenvalue weighted by Crippen LogP contribution is 2.68. The average Bonchev–Trinajstić information content (AvgIpc) is 3.00. The largest absolute Gasteiger partial charge is 0.463 e. The topological polar surface area (TPSA) is 52.6 Å². The molecule has 0 aromatic heterocycles. The van der Waals surface area contributed by atoms with Gasteiger partial charge in [0.25, 0.3) is 0 Å². The van der Waals surface area contributed by atoms with Crippen LogP contribution in [0.3, 0.4) is 0 Å². The van der Waals surface area contributed by atoms with Crippen LogP contribution in [0.25, 0.3) is 0 Å². The summed E-state index contributed by atoms with van der Waals surface area (Å²) in [4.78, 5) is 23.1. The lowest BCUT2D eigenvalue weighted by Gasteiger charge is -2.62. The molecule has 0 saturated heterocycles. The molecule has 0 amide bonds. The van der Waals surface area contributed by atoms with Crippen LogP contribution < -0.4 is 0 Å². The van der Waals surface area contributed by atoms with E-state index in [1.807, 2.05) is 0 Å². The standard InChI is InChI=1S/C26H40O4/c1-16(29-17(2)27)25(5)13-11-20-21-10-12-24(4)15-19(30-18(3)28)9-14-26(24,6)23(21)8-7-22(20)25/h16,19,21,23H,7-15H2,1-6H3/t16-,19+,21-,23-,24-,25-,26+/m0/s1. The molecule has 0 spiro atoms. The molecule has 0 radical (unpaired) electrons. The first-order valence-corrected chi connectivity index (χ1v) is 12.1. The summed E-state index contributed by atoms with van der Waals surface area (Å²) in [7, 11) is 0. The van der Waals surface area contributed by atoms with Gasteiger partial charge in [0.15, 0.2) is 0 Å². The Balaban J connectivity index is 1.59. The Morgan fingerprint density at radius 3 is 2.37 bits per heavy atom. The van der Waals surface area contributed by atoms with Gasteiger partial charge in [-0.15, -0.1) is 0 Å². The van der Waals surface area contributed by atoms with Gasteiger partial charge >= 0.3 is 11.9 Å².